The van der Waals surface area contributed by atoms with Crippen LogP contribution in [0.1, 0.15) is 107 Å². The number of aromatic nitrogens is 2. The van der Waals surface area contributed by atoms with Crippen LogP contribution in [0.3, 0.4) is 0 Å². The Kier molecular flexibility index (Phi) is 35.4. The molecule has 4 fully saturated rings. The Balaban J connectivity index is 0.000000423. The maximum absolute atomic E-state index is 12.7. The predicted molar refractivity (Wildman–Crippen MR) is 398 cm³/mol. The maximum atomic E-state index is 12.7. The number of nitrogen functional groups attached to an aromatic ring is 1. The number of hydrogen-bond donors (Lipinski definition) is 8. The minimum atomic E-state index is -5.85. The second kappa shape index (κ2) is 39.3. The number of nitrogens with zero attached hydrogens (tertiary/aromatic N) is 7. The Bertz CT molecular complexity index is 3590. The van der Waals surface area contributed by atoms with Gasteiger partial charge in [0.25, 0.3) is 14.7 Å². The molecule has 2 aromatic heterocycles. The molecule has 9 N–H and O–H groups in total. The molecule has 0 radical (unpaired) electrons. The zero-order valence-corrected chi connectivity index (χ0v) is 61.4. The summed E-state index contributed by atoms with van der Waals surface area (Å²) in [6, 6.07) is 32.9. The monoisotopic (exact) mass is 1580 g/mol. The van der Waals surface area contributed by atoms with E-state index in [1.165, 1.54) is 46.1 Å². The van der Waals surface area contributed by atoms with E-state index in [4.69, 9.17) is 37.9 Å². The third-order valence-electron chi connectivity index (χ3n) is 15.5. The molecule has 4 saturated heterocycles. The van der Waals surface area contributed by atoms with Gasteiger partial charge in [0.2, 0.25) is 10.0 Å². The predicted octanol–water partition coefficient (Wildman–Crippen LogP) is 12.2. The van der Waals surface area contributed by atoms with Crippen LogP contribution in [-0.2, 0) is 46.2 Å². The summed E-state index contributed by atoms with van der Waals surface area (Å²) in [5, 5.41) is 48.8. The van der Waals surface area contributed by atoms with Crippen LogP contribution < -0.4 is 36.4 Å². The van der Waals surface area contributed by atoms with Crippen LogP contribution in [0.4, 0.5) is 54.0 Å². The average Bonchev–Trinajstić information content (AvgIpc) is 0.749. The second-order valence-corrected chi connectivity index (χ2v) is 31.6. The van der Waals surface area contributed by atoms with Crippen molar-refractivity contribution >= 4 is 86.3 Å². The number of nitrogens with two attached hydrogens (primary N) is 1. The number of carbonyl (C=O) groups excluding carboxylic acids is 1. The lowest BCUT2D eigenvalue weighted by Crippen LogP contribution is -2.53. The minimum absolute atomic E-state index is 0. The molecule has 6 aromatic rings. The molecule has 0 unspecified atom stereocenters. The van der Waals surface area contributed by atoms with E-state index in [-0.39, 0.29) is 48.9 Å². The molecular weight excluding hydrogens is 1480 g/mol. The molecule has 4 aromatic carbocycles. The number of ether oxygens (including phenoxy) is 1. The fourth-order valence-corrected chi connectivity index (χ4v) is 12.3. The number of carbonyl (C=O) groups is 1. The van der Waals surface area contributed by atoms with Crippen molar-refractivity contribution in [3.63, 3.8) is 0 Å². The summed E-state index contributed by atoms with van der Waals surface area (Å²) in [4.78, 5) is 27.6. The summed E-state index contributed by atoms with van der Waals surface area (Å²) in [5.41, 5.74) is 2.91. The van der Waals surface area contributed by atoms with Crippen LogP contribution in [-0.4, -0.2) is 185 Å². The highest BCUT2D eigenvalue weighted by Crippen LogP contribution is 2.50. The first kappa shape index (κ1) is 92.0. The highest BCUT2D eigenvalue weighted by Gasteiger charge is 2.71. The summed E-state index contributed by atoms with van der Waals surface area (Å²) >= 11 is 8.28. The smallest absolute Gasteiger partial charge is 0.430 e. The molecule has 4 aliphatic rings. The van der Waals surface area contributed by atoms with Gasteiger partial charge < -0.3 is 66.4 Å². The number of anilines is 4. The summed E-state index contributed by atoms with van der Waals surface area (Å²) in [6.07, 6.45) is -9.50. The number of pyridine rings is 2. The number of alkyl halides is 6. The number of rotatable bonds is 10. The number of piperazine rings is 4. The van der Waals surface area contributed by atoms with Gasteiger partial charge in [-0.05, 0) is 152 Å². The molecule has 102 heavy (non-hydrogen) atoms. The van der Waals surface area contributed by atoms with E-state index in [1.54, 1.807) is 18.7 Å². The second-order valence-electron chi connectivity index (χ2n) is 25.8. The molecule has 10 rings (SSSR count). The largest absolute Gasteiger partial charge is 0.444 e. The molecule has 0 aliphatic carbocycles. The van der Waals surface area contributed by atoms with Crippen molar-refractivity contribution in [2.45, 2.75) is 135 Å². The van der Waals surface area contributed by atoms with Crippen molar-refractivity contribution in [2.75, 3.05) is 125 Å². The van der Waals surface area contributed by atoms with Gasteiger partial charge >= 0.3 is 18.4 Å². The number of halogens is 9. The molecule has 1 amide bonds. The summed E-state index contributed by atoms with van der Waals surface area (Å²) < 4.78 is 128. The van der Waals surface area contributed by atoms with Crippen molar-refractivity contribution in [1.29, 1.82) is 0 Å². The van der Waals surface area contributed by atoms with E-state index < -0.39 is 59.4 Å². The van der Waals surface area contributed by atoms with Crippen molar-refractivity contribution < 1.29 is 73.1 Å². The van der Waals surface area contributed by atoms with E-state index >= 15 is 0 Å². The molecular formula is C70H102BrCl2F6N11O10S2. The first-order valence-corrected chi connectivity index (χ1v) is 36.5. The fraction of sp³-hybridized carbons (Fsp3) is 0.500. The lowest BCUT2D eigenvalue weighted by molar-refractivity contribution is -0.376. The SMILES string of the molecule is C.C.C.CC(C)(C)OC(=O)N1CCNCC1.CC(C)(O)c1ccc(N2CCN(S(=O)(=O)c3ccc(N)nc3)CC2)cc1.CC(C)(O)c1ccc(N2CCNCC2)cc1.CC(C)(O)c1ccc(N2CCNCC2)cc1.O=S(=O)(Cl)c1ccc(Cl)nc1.OC(c1ccc(Br)cc1)(C(F)(F)F)C(F)(F)F. The summed E-state index contributed by atoms with van der Waals surface area (Å²) in [5.74, 6) is 0.295. The highest BCUT2D eigenvalue weighted by atomic mass is 79.9. The van der Waals surface area contributed by atoms with Gasteiger partial charge in [0, 0.05) is 155 Å². The van der Waals surface area contributed by atoms with Gasteiger partial charge in [0.05, 0.1) is 16.8 Å². The molecule has 0 atom stereocenters. The summed E-state index contributed by atoms with van der Waals surface area (Å²) in [7, 11) is -2.22. The van der Waals surface area contributed by atoms with E-state index in [1.807, 2.05) is 97.0 Å². The molecule has 6 heterocycles. The standard InChI is InChI=1S/C18H24N4O3S.2C13H20N2O.C9H5BrF6O.C9H18N2O2.C5H3Cl2NO2S.3CH4/c1-18(2,23)14-3-5-15(6-4-14)21-9-11-22(12-10-21)26(24,25)16-7-8-17(19)20-13-16;2*1-13(2,16)11-3-5-12(6-4-11)15-9-7-14-8-10-15;10-6-3-1-5(2-4-6)7(17,8(11,12)13)9(14,15)16;1-9(2,3)13-8(12)11-6-4-10-5-7-11;6-5-2-1-4(3-8-5)11(7,9)10;;;/h3-8,13,23H,9-12H2,1-2H3,(H2,19,20);2*3-6,14,16H,7-10H2,1-2H3;1-4,17H;10H,4-7H2,1-3H3;1-3H;3*1H4. The van der Waals surface area contributed by atoms with Gasteiger partial charge in [-0.3, -0.25) is 0 Å². The van der Waals surface area contributed by atoms with E-state index in [9.17, 15) is 63.3 Å². The average molecular weight is 1590 g/mol. The van der Waals surface area contributed by atoms with Crippen LogP contribution in [0.25, 0.3) is 0 Å². The number of amides is 1. The van der Waals surface area contributed by atoms with Crippen LogP contribution in [0.5, 0.6) is 0 Å². The van der Waals surface area contributed by atoms with Crippen molar-refractivity contribution in [3.05, 3.63) is 166 Å². The lowest BCUT2D eigenvalue weighted by atomic mass is 9.92. The number of aliphatic hydroxyl groups is 4. The first-order valence-electron chi connectivity index (χ1n) is 31.5. The van der Waals surface area contributed by atoms with Crippen molar-refractivity contribution in [2.24, 2.45) is 0 Å². The van der Waals surface area contributed by atoms with Crippen molar-refractivity contribution in [3.8, 4) is 0 Å². The Morgan fingerprint density at radius 1 is 0.490 bits per heavy atom. The van der Waals surface area contributed by atoms with Crippen molar-refractivity contribution in [1.82, 2.24) is 35.1 Å². The van der Waals surface area contributed by atoms with Gasteiger partial charge in [0.1, 0.15) is 26.4 Å². The topological polar surface area (TPSA) is 280 Å². The minimum Gasteiger partial charge on any atom is -0.444 e. The molecule has 0 saturated carbocycles. The van der Waals surface area contributed by atoms with Gasteiger partial charge in [-0.15, -0.1) is 0 Å². The van der Waals surface area contributed by atoms with Crippen LogP contribution in [0, 0.1) is 0 Å². The summed E-state index contributed by atoms with van der Waals surface area (Å²) in [6.45, 7) is 30.0. The highest BCUT2D eigenvalue weighted by molar-refractivity contribution is 9.10. The Labute approximate surface area is 616 Å². The zero-order valence-electron chi connectivity index (χ0n) is 56.7. The number of hydrogen-bond acceptors (Lipinski definition) is 19. The van der Waals surface area contributed by atoms with Gasteiger partial charge in [-0.25, -0.2) is 31.6 Å². The molecule has 0 spiro atoms. The molecule has 572 valence electrons. The third kappa shape index (κ3) is 28.4. The molecule has 0 bridgehead atoms. The van der Waals surface area contributed by atoms with E-state index in [0.29, 0.717) is 48.6 Å². The fourth-order valence-electron chi connectivity index (χ4n) is 9.83. The number of nitrogens with one attached hydrogen (secondary N) is 3. The van der Waals surface area contributed by atoms with Gasteiger partial charge in [-0.1, -0.05) is 98.3 Å². The van der Waals surface area contributed by atoms with Gasteiger partial charge in [0.15, 0.2) is 0 Å². The number of benzene rings is 4. The van der Waals surface area contributed by atoms with E-state index in [2.05, 4.69) is 80.8 Å². The Hall–Kier alpha value is -6.13. The third-order valence-corrected chi connectivity index (χ3v) is 19.5. The van der Waals surface area contributed by atoms with Gasteiger partial charge in [-0.2, -0.15) is 30.6 Å². The normalized spacial score (nSPS) is 15.7. The van der Waals surface area contributed by atoms with Crippen LogP contribution >= 0.6 is 38.2 Å². The number of sulfonamides is 1. The molecule has 32 heteroatoms. The maximum Gasteiger partial charge on any atom is 0.430 e. The quantitative estimate of drug-likeness (QED) is 0.0359. The Morgan fingerprint density at radius 3 is 1.13 bits per heavy atom. The van der Waals surface area contributed by atoms with Crippen LogP contribution in [0.15, 0.2) is 148 Å². The molecule has 4 aliphatic heterocycles. The zero-order chi connectivity index (χ0) is 74.0. The Morgan fingerprint density at radius 2 is 0.824 bits per heavy atom. The lowest BCUT2D eigenvalue weighted by Gasteiger charge is -2.35. The van der Waals surface area contributed by atoms with Crippen LogP contribution in [0.2, 0.25) is 5.15 Å². The first-order chi connectivity index (χ1) is 45.8. The van der Waals surface area contributed by atoms with E-state index in [0.717, 1.165) is 119 Å². The molecule has 21 nitrogen and oxygen atoms in total.